The first-order valence-corrected chi connectivity index (χ1v) is 3.81. The van der Waals surface area contributed by atoms with Crippen LogP contribution in [0.25, 0.3) is 0 Å². The highest BCUT2D eigenvalue weighted by Gasteiger charge is 2.03. The first-order chi connectivity index (χ1) is 6.34. The van der Waals surface area contributed by atoms with Crippen molar-refractivity contribution in [2.24, 2.45) is 0 Å². The third-order valence-corrected chi connectivity index (χ3v) is 1.57. The van der Waals surface area contributed by atoms with Crippen molar-refractivity contribution < 1.29 is 4.52 Å². The smallest absolute Gasteiger partial charge is 0.318 e. The molecule has 0 saturated heterocycles. The summed E-state index contributed by atoms with van der Waals surface area (Å²) in [5, 5.41) is 3.67. The molecule has 0 bridgehead atoms. The first kappa shape index (κ1) is 7.72. The fraction of sp³-hybridized carbons (Fsp3) is 0.125. The summed E-state index contributed by atoms with van der Waals surface area (Å²) in [7, 11) is 0. The summed E-state index contributed by atoms with van der Waals surface area (Å²) in [6.45, 7) is 0. The normalized spacial score (nSPS) is 10.2. The third-order valence-electron chi connectivity index (χ3n) is 1.57. The van der Waals surface area contributed by atoms with Crippen LogP contribution in [0.5, 0.6) is 0 Å². The highest BCUT2D eigenvalue weighted by molar-refractivity contribution is 5.16. The van der Waals surface area contributed by atoms with E-state index in [9.17, 15) is 0 Å². The van der Waals surface area contributed by atoms with E-state index < -0.39 is 0 Å². The van der Waals surface area contributed by atoms with Crippen LogP contribution in [-0.2, 0) is 6.42 Å². The molecule has 0 radical (unpaired) electrons. The minimum atomic E-state index is 0.0962. The van der Waals surface area contributed by atoms with Gasteiger partial charge >= 0.3 is 6.01 Å². The molecule has 0 spiro atoms. The van der Waals surface area contributed by atoms with Gasteiger partial charge in [0.25, 0.3) is 0 Å². The molecule has 5 nitrogen and oxygen atoms in total. The fourth-order valence-electron chi connectivity index (χ4n) is 1.02. The topological polar surface area (TPSA) is 77.8 Å². The summed E-state index contributed by atoms with van der Waals surface area (Å²) in [5.41, 5.74) is 6.31. The molecule has 0 saturated carbocycles. The van der Waals surface area contributed by atoms with E-state index in [1.165, 1.54) is 0 Å². The second kappa shape index (κ2) is 3.22. The van der Waals surface area contributed by atoms with Crippen LogP contribution in [0.2, 0.25) is 0 Å². The van der Waals surface area contributed by atoms with Crippen LogP contribution in [-0.4, -0.2) is 15.1 Å². The van der Waals surface area contributed by atoms with Gasteiger partial charge < -0.3 is 10.3 Å². The average molecular weight is 176 g/mol. The lowest BCUT2D eigenvalue weighted by Crippen LogP contribution is -1.91. The molecule has 2 N–H and O–H groups in total. The van der Waals surface area contributed by atoms with Crippen LogP contribution in [0.1, 0.15) is 11.4 Å². The minimum absolute atomic E-state index is 0.0962. The Kier molecular flexibility index (Phi) is 1.91. The van der Waals surface area contributed by atoms with Crippen LogP contribution >= 0.6 is 0 Å². The third kappa shape index (κ3) is 1.81. The van der Waals surface area contributed by atoms with Gasteiger partial charge in [-0.3, -0.25) is 4.98 Å². The molecular weight excluding hydrogens is 168 g/mol. The lowest BCUT2D eigenvalue weighted by molar-refractivity contribution is 0.428. The standard InChI is InChI=1S/C8H8N4O/c9-8-11-7(12-13-8)4-6-2-1-3-10-5-6/h1-3,5H,4H2,(H2,9,11,12). The van der Waals surface area contributed by atoms with Gasteiger partial charge in [-0.2, -0.15) is 4.98 Å². The van der Waals surface area contributed by atoms with E-state index in [1.54, 1.807) is 12.4 Å². The summed E-state index contributed by atoms with van der Waals surface area (Å²) in [6, 6.07) is 3.90. The van der Waals surface area contributed by atoms with E-state index in [0.29, 0.717) is 12.2 Å². The van der Waals surface area contributed by atoms with E-state index in [1.807, 2.05) is 12.1 Å². The second-order valence-corrected chi connectivity index (χ2v) is 2.59. The number of anilines is 1. The molecule has 0 aliphatic carbocycles. The SMILES string of the molecule is Nc1nc(Cc2cccnc2)no1. The van der Waals surface area contributed by atoms with E-state index in [4.69, 9.17) is 5.73 Å². The van der Waals surface area contributed by atoms with Crippen molar-refractivity contribution in [1.82, 2.24) is 15.1 Å². The Morgan fingerprint density at radius 1 is 1.46 bits per heavy atom. The van der Waals surface area contributed by atoms with Gasteiger partial charge in [0.15, 0.2) is 5.82 Å². The molecule has 2 aromatic heterocycles. The Hall–Kier alpha value is -1.91. The van der Waals surface area contributed by atoms with Crippen molar-refractivity contribution in [2.75, 3.05) is 5.73 Å². The number of hydrogen-bond donors (Lipinski definition) is 1. The van der Waals surface area contributed by atoms with Gasteiger partial charge in [-0.1, -0.05) is 11.2 Å². The van der Waals surface area contributed by atoms with Crippen molar-refractivity contribution in [3.05, 3.63) is 35.9 Å². The molecule has 0 aliphatic heterocycles. The Morgan fingerprint density at radius 3 is 3.00 bits per heavy atom. The predicted molar refractivity (Wildman–Crippen MR) is 45.8 cm³/mol. The maximum Gasteiger partial charge on any atom is 0.318 e. The summed E-state index contributed by atoms with van der Waals surface area (Å²) in [6.07, 6.45) is 4.06. The van der Waals surface area contributed by atoms with Gasteiger partial charge in [0.2, 0.25) is 0 Å². The number of pyridine rings is 1. The van der Waals surface area contributed by atoms with Crippen LogP contribution in [0.4, 0.5) is 6.01 Å². The lowest BCUT2D eigenvalue weighted by atomic mass is 10.2. The first-order valence-electron chi connectivity index (χ1n) is 3.81. The Labute approximate surface area is 74.6 Å². The summed E-state index contributed by atoms with van der Waals surface area (Å²) >= 11 is 0. The summed E-state index contributed by atoms with van der Waals surface area (Å²) in [4.78, 5) is 7.85. The quantitative estimate of drug-likeness (QED) is 0.726. The van der Waals surface area contributed by atoms with Crippen molar-refractivity contribution >= 4 is 6.01 Å². The molecule has 0 aliphatic rings. The minimum Gasteiger partial charge on any atom is -0.351 e. The summed E-state index contributed by atoms with van der Waals surface area (Å²) < 4.78 is 4.63. The van der Waals surface area contributed by atoms with Gasteiger partial charge in [0.1, 0.15) is 0 Å². The Morgan fingerprint density at radius 2 is 2.38 bits per heavy atom. The van der Waals surface area contributed by atoms with Crippen LogP contribution in [0.15, 0.2) is 29.0 Å². The molecule has 66 valence electrons. The van der Waals surface area contributed by atoms with Gasteiger partial charge in [-0.15, -0.1) is 0 Å². The van der Waals surface area contributed by atoms with Crippen molar-refractivity contribution in [3.8, 4) is 0 Å². The number of aromatic nitrogens is 3. The van der Waals surface area contributed by atoms with Crippen LogP contribution < -0.4 is 5.73 Å². The Bertz CT molecular complexity index is 384. The molecule has 2 rings (SSSR count). The fourth-order valence-corrected chi connectivity index (χ4v) is 1.02. The van der Waals surface area contributed by atoms with E-state index in [2.05, 4.69) is 19.6 Å². The van der Waals surface area contributed by atoms with E-state index >= 15 is 0 Å². The number of rotatable bonds is 2. The molecular formula is C8H8N4O. The zero-order chi connectivity index (χ0) is 9.10. The number of nitrogens with two attached hydrogens (primary N) is 1. The number of nitrogen functional groups attached to an aromatic ring is 1. The Balaban J connectivity index is 2.15. The largest absolute Gasteiger partial charge is 0.351 e. The van der Waals surface area contributed by atoms with Gasteiger partial charge in [-0.05, 0) is 11.6 Å². The molecule has 13 heavy (non-hydrogen) atoms. The molecule has 0 amide bonds. The zero-order valence-corrected chi connectivity index (χ0v) is 6.84. The van der Waals surface area contributed by atoms with Crippen LogP contribution in [0.3, 0.4) is 0 Å². The van der Waals surface area contributed by atoms with Gasteiger partial charge in [0.05, 0.1) is 0 Å². The molecule has 0 fully saturated rings. The predicted octanol–water partition coefficient (Wildman–Crippen LogP) is 0.638. The lowest BCUT2D eigenvalue weighted by Gasteiger charge is -1.92. The second-order valence-electron chi connectivity index (χ2n) is 2.59. The summed E-state index contributed by atoms with van der Waals surface area (Å²) in [5.74, 6) is 0.575. The van der Waals surface area contributed by atoms with E-state index in [0.717, 1.165) is 5.56 Å². The maximum absolute atomic E-state index is 5.28. The van der Waals surface area contributed by atoms with Crippen LogP contribution in [0, 0.1) is 0 Å². The molecule has 2 aromatic rings. The zero-order valence-electron chi connectivity index (χ0n) is 6.84. The number of nitrogens with zero attached hydrogens (tertiary/aromatic N) is 3. The van der Waals surface area contributed by atoms with Gasteiger partial charge in [0, 0.05) is 18.8 Å². The number of hydrogen-bond acceptors (Lipinski definition) is 5. The highest BCUT2D eigenvalue weighted by atomic mass is 16.5. The molecule has 0 atom stereocenters. The van der Waals surface area contributed by atoms with Crippen molar-refractivity contribution in [3.63, 3.8) is 0 Å². The molecule has 0 unspecified atom stereocenters. The monoisotopic (exact) mass is 176 g/mol. The molecule has 2 heterocycles. The maximum atomic E-state index is 5.28. The van der Waals surface area contributed by atoms with E-state index in [-0.39, 0.29) is 6.01 Å². The molecule has 0 aromatic carbocycles. The average Bonchev–Trinajstić information content (AvgIpc) is 2.53. The van der Waals surface area contributed by atoms with Crippen molar-refractivity contribution in [2.45, 2.75) is 6.42 Å². The van der Waals surface area contributed by atoms with Crippen molar-refractivity contribution in [1.29, 1.82) is 0 Å². The van der Waals surface area contributed by atoms with Gasteiger partial charge in [-0.25, -0.2) is 0 Å². The molecule has 5 heteroatoms. The highest BCUT2D eigenvalue weighted by Crippen LogP contribution is 2.05.